The van der Waals surface area contributed by atoms with E-state index in [4.69, 9.17) is 0 Å². The third kappa shape index (κ3) is 7.02. The summed E-state index contributed by atoms with van der Waals surface area (Å²) in [6.45, 7) is 7.82. The van der Waals surface area contributed by atoms with E-state index in [0.29, 0.717) is 13.1 Å². The quantitative estimate of drug-likeness (QED) is 0.664. The average Bonchev–Trinajstić information content (AvgIpc) is 2.62. The van der Waals surface area contributed by atoms with Crippen molar-refractivity contribution in [2.75, 3.05) is 39.8 Å². The minimum Gasteiger partial charge on any atom is -0.393 e. The topological polar surface area (TPSA) is 67.8 Å². The zero-order valence-electron chi connectivity index (χ0n) is 15.5. The standard InChI is InChI=1S/C19H32N4O2/c1-3-22(2)13-10-20-19(25)21-14-16-6-4-5-7-17(16)15-23-11-8-18(24)9-12-23/h4-7,18,24H,3,8-15H2,1-2H3,(H2,20,21,25). The third-order valence-electron chi connectivity index (χ3n) is 4.83. The van der Waals surface area contributed by atoms with E-state index >= 15 is 0 Å². The SMILES string of the molecule is CCN(C)CCNC(=O)NCc1ccccc1CN1CCC(O)CC1. The normalized spacial score (nSPS) is 16.2. The predicted octanol–water partition coefficient (Wildman–Crippen LogP) is 1.39. The number of amides is 2. The van der Waals surface area contributed by atoms with E-state index in [2.05, 4.69) is 39.5 Å². The molecule has 1 aliphatic heterocycles. The molecule has 0 saturated carbocycles. The molecule has 1 aromatic rings. The summed E-state index contributed by atoms with van der Waals surface area (Å²) in [6.07, 6.45) is 1.54. The van der Waals surface area contributed by atoms with E-state index in [-0.39, 0.29) is 12.1 Å². The molecule has 0 unspecified atom stereocenters. The molecule has 0 radical (unpaired) electrons. The Morgan fingerprint density at radius 3 is 2.60 bits per heavy atom. The van der Waals surface area contributed by atoms with E-state index in [1.54, 1.807) is 0 Å². The number of hydrogen-bond donors (Lipinski definition) is 3. The van der Waals surface area contributed by atoms with Crippen LogP contribution in [0.5, 0.6) is 0 Å². The van der Waals surface area contributed by atoms with E-state index in [1.807, 2.05) is 19.2 Å². The fourth-order valence-corrected chi connectivity index (χ4v) is 2.96. The molecule has 2 amide bonds. The van der Waals surface area contributed by atoms with Crippen LogP contribution in [-0.2, 0) is 13.1 Å². The van der Waals surface area contributed by atoms with Crippen LogP contribution in [0.1, 0.15) is 30.9 Å². The van der Waals surface area contributed by atoms with Crippen molar-refractivity contribution >= 4 is 6.03 Å². The van der Waals surface area contributed by atoms with E-state index in [9.17, 15) is 9.90 Å². The molecule has 0 atom stereocenters. The Morgan fingerprint density at radius 1 is 1.24 bits per heavy atom. The first-order valence-corrected chi connectivity index (χ1v) is 9.26. The Hall–Kier alpha value is -1.63. The van der Waals surface area contributed by atoms with Gasteiger partial charge in [-0.25, -0.2) is 4.79 Å². The van der Waals surface area contributed by atoms with E-state index in [0.717, 1.165) is 51.1 Å². The second-order valence-electron chi connectivity index (χ2n) is 6.78. The number of rotatable bonds is 8. The first kappa shape index (κ1) is 19.7. The van der Waals surface area contributed by atoms with Gasteiger partial charge >= 0.3 is 6.03 Å². The maximum Gasteiger partial charge on any atom is 0.315 e. The summed E-state index contributed by atoms with van der Waals surface area (Å²) in [7, 11) is 2.04. The molecule has 0 aromatic heterocycles. The number of urea groups is 1. The molecule has 6 heteroatoms. The number of aliphatic hydroxyl groups is 1. The van der Waals surface area contributed by atoms with Crippen LogP contribution < -0.4 is 10.6 Å². The van der Waals surface area contributed by atoms with Gasteiger partial charge in [0.15, 0.2) is 0 Å². The molecule has 1 aromatic carbocycles. The molecular weight excluding hydrogens is 316 g/mol. The Kier molecular flexibility index (Phi) is 8.18. The van der Waals surface area contributed by atoms with Gasteiger partial charge < -0.3 is 20.6 Å². The highest BCUT2D eigenvalue weighted by molar-refractivity contribution is 5.73. The molecular formula is C19H32N4O2. The van der Waals surface area contributed by atoms with Crippen molar-refractivity contribution in [1.29, 1.82) is 0 Å². The van der Waals surface area contributed by atoms with Gasteiger partial charge in [-0.2, -0.15) is 0 Å². The highest BCUT2D eigenvalue weighted by atomic mass is 16.3. The molecule has 1 aliphatic rings. The maximum absolute atomic E-state index is 11.9. The predicted molar refractivity (Wildman–Crippen MR) is 100 cm³/mol. The van der Waals surface area contributed by atoms with Gasteiger partial charge in [0.25, 0.3) is 0 Å². The Morgan fingerprint density at radius 2 is 1.92 bits per heavy atom. The molecule has 2 rings (SSSR count). The highest BCUT2D eigenvalue weighted by Crippen LogP contribution is 2.16. The van der Waals surface area contributed by atoms with Crippen molar-refractivity contribution in [1.82, 2.24) is 20.4 Å². The average molecular weight is 348 g/mol. The Labute approximate surface area is 151 Å². The van der Waals surface area contributed by atoms with E-state index in [1.165, 1.54) is 5.56 Å². The lowest BCUT2D eigenvalue weighted by molar-refractivity contribution is 0.0791. The maximum atomic E-state index is 11.9. The number of aliphatic hydroxyl groups excluding tert-OH is 1. The van der Waals surface area contributed by atoms with Gasteiger partial charge in [0, 0.05) is 39.3 Å². The smallest absolute Gasteiger partial charge is 0.315 e. The first-order chi connectivity index (χ1) is 12.1. The van der Waals surface area contributed by atoms with Gasteiger partial charge in [0.2, 0.25) is 0 Å². The second kappa shape index (κ2) is 10.4. The highest BCUT2D eigenvalue weighted by Gasteiger charge is 2.17. The van der Waals surface area contributed by atoms with Gasteiger partial charge in [-0.05, 0) is 37.6 Å². The number of likely N-dealkylation sites (tertiary alicyclic amines) is 1. The minimum absolute atomic E-state index is 0.125. The number of benzene rings is 1. The lowest BCUT2D eigenvalue weighted by atomic mass is 10.0. The molecule has 6 nitrogen and oxygen atoms in total. The molecule has 0 aliphatic carbocycles. The van der Waals surface area contributed by atoms with Crippen molar-refractivity contribution < 1.29 is 9.90 Å². The van der Waals surface area contributed by atoms with Crippen LogP contribution in [0.15, 0.2) is 24.3 Å². The number of carbonyl (C=O) groups excluding carboxylic acids is 1. The largest absolute Gasteiger partial charge is 0.393 e. The number of hydrogen-bond acceptors (Lipinski definition) is 4. The Bertz CT molecular complexity index is 530. The molecule has 3 N–H and O–H groups in total. The third-order valence-corrected chi connectivity index (χ3v) is 4.83. The molecule has 140 valence electrons. The van der Waals surface area contributed by atoms with Crippen LogP contribution in [0, 0.1) is 0 Å². The fourth-order valence-electron chi connectivity index (χ4n) is 2.96. The summed E-state index contributed by atoms with van der Waals surface area (Å²) in [5.41, 5.74) is 2.39. The lowest BCUT2D eigenvalue weighted by Crippen LogP contribution is -2.39. The van der Waals surface area contributed by atoms with Crippen LogP contribution in [0.2, 0.25) is 0 Å². The Balaban J connectivity index is 1.78. The van der Waals surface area contributed by atoms with Crippen molar-refractivity contribution in [3.05, 3.63) is 35.4 Å². The number of piperidine rings is 1. The molecule has 1 heterocycles. The van der Waals surface area contributed by atoms with Crippen molar-refractivity contribution in [2.24, 2.45) is 0 Å². The van der Waals surface area contributed by atoms with Crippen LogP contribution in [0.25, 0.3) is 0 Å². The molecule has 1 fully saturated rings. The number of likely N-dealkylation sites (N-methyl/N-ethyl adjacent to an activating group) is 1. The van der Waals surface area contributed by atoms with Gasteiger partial charge in [-0.15, -0.1) is 0 Å². The first-order valence-electron chi connectivity index (χ1n) is 9.26. The van der Waals surface area contributed by atoms with Gasteiger partial charge in [-0.3, -0.25) is 4.90 Å². The van der Waals surface area contributed by atoms with Crippen LogP contribution >= 0.6 is 0 Å². The van der Waals surface area contributed by atoms with Crippen LogP contribution in [0.4, 0.5) is 4.79 Å². The minimum atomic E-state index is -0.149. The molecule has 1 saturated heterocycles. The van der Waals surface area contributed by atoms with Gasteiger partial charge in [0.05, 0.1) is 6.10 Å². The van der Waals surface area contributed by atoms with Crippen molar-refractivity contribution in [2.45, 2.75) is 39.0 Å². The summed E-state index contributed by atoms with van der Waals surface area (Å²) in [5, 5.41) is 15.5. The zero-order valence-corrected chi connectivity index (χ0v) is 15.5. The summed E-state index contributed by atoms with van der Waals surface area (Å²) < 4.78 is 0. The van der Waals surface area contributed by atoms with Crippen LogP contribution in [-0.4, -0.2) is 66.8 Å². The summed E-state index contributed by atoms with van der Waals surface area (Å²) in [5.74, 6) is 0. The van der Waals surface area contributed by atoms with Gasteiger partial charge in [-0.1, -0.05) is 31.2 Å². The zero-order chi connectivity index (χ0) is 18.1. The second-order valence-corrected chi connectivity index (χ2v) is 6.78. The monoisotopic (exact) mass is 348 g/mol. The van der Waals surface area contributed by atoms with Crippen molar-refractivity contribution in [3.8, 4) is 0 Å². The summed E-state index contributed by atoms with van der Waals surface area (Å²) in [4.78, 5) is 16.5. The van der Waals surface area contributed by atoms with E-state index < -0.39 is 0 Å². The number of carbonyl (C=O) groups is 1. The fraction of sp³-hybridized carbons (Fsp3) is 0.632. The molecule has 25 heavy (non-hydrogen) atoms. The molecule has 0 spiro atoms. The van der Waals surface area contributed by atoms with Gasteiger partial charge in [0.1, 0.15) is 0 Å². The lowest BCUT2D eigenvalue weighted by Gasteiger charge is -2.30. The number of nitrogens with one attached hydrogen (secondary N) is 2. The van der Waals surface area contributed by atoms with Crippen LogP contribution in [0.3, 0.4) is 0 Å². The van der Waals surface area contributed by atoms with Crippen molar-refractivity contribution in [3.63, 3.8) is 0 Å². The summed E-state index contributed by atoms with van der Waals surface area (Å²) >= 11 is 0. The molecule has 0 bridgehead atoms. The summed E-state index contributed by atoms with van der Waals surface area (Å²) in [6, 6.07) is 8.11. The number of nitrogens with zero attached hydrogens (tertiary/aromatic N) is 2.